The summed E-state index contributed by atoms with van der Waals surface area (Å²) >= 11 is 0. The fourth-order valence-corrected chi connectivity index (χ4v) is 3.41. The first-order valence-corrected chi connectivity index (χ1v) is 8.80. The van der Waals surface area contributed by atoms with Crippen molar-refractivity contribution in [2.24, 2.45) is 0 Å². The van der Waals surface area contributed by atoms with Crippen molar-refractivity contribution in [1.29, 1.82) is 0 Å². The van der Waals surface area contributed by atoms with Gasteiger partial charge < -0.3 is 10.3 Å². The van der Waals surface area contributed by atoms with E-state index in [0.29, 0.717) is 11.6 Å². The molecule has 1 aliphatic carbocycles. The highest BCUT2D eigenvalue weighted by atomic mass is 19.1. The van der Waals surface area contributed by atoms with E-state index in [0.717, 1.165) is 22.3 Å². The van der Waals surface area contributed by atoms with Crippen molar-refractivity contribution in [3.05, 3.63) is 59.7 Å². The molecule has 1 saturated carbocycles. The van der Waals surface area contributed by atoms with Crippen molar-refractivity contribution < 1.29 is 4.39 Å². The molecular weight excluding hydrogens is 313 g/mol. The minimum absolute atomic E-state index is 0.299. The zero-order chi connectivity index (χ0) is 17.1. The molecule has 2 heterocycles. The lowest BCUT2D eigenvalue weighted by atomic mass is 9.95. The van der Waals surface area contributed by atoms with Crippen molar-refractivity contribution in [3.8, 4) is 11.8 Å². The van der Waals surface area contributed by atoms with E-state index in [1.165, 1.54) is 38.2 Å². The number of aromatic nitrogens is 2. The van der Waals surface area contributed by atoms with Crippen LogP contribution in [0.4, 0.5) is 10.1 Å². The van der Waals surface area contributed by atoms with E-state index >= 15 is 0 Å². The number of halogens is 1. The van der Waals surface area contributed by atoms with Crippen LogP contribution in [0.5, 0.6) is 0 Å². The first kappa shape index (κ1) is 15.7. The minimum Gasteiger partial charge on any atom is -0.381 e. The molecule has 4 rings (SSSR count). The quantitative estimate of drug-likeness (QED) is 0.658. The lowest BCUT2D eigenvalue weighted by Gasteiger charge is -2.24. The molecule has 1 fully saturated rings. The number of hydrogen-bond acceptors (Lipinski definition) is 2. The van der Waals surface area contributed by atoms with Crippen LogP contribution in [0.2, 0.25) is 0 Å². The summed E-state index contributed by atoms with van der Waals surface area (Å²) in [7, 11) is 0. The molecule has 25 heavy (non-hydrogen) atoms. The molecule has 2 aromatic heterocycles. The molecule has 0 bridgehead atoms. The number of nitrogens with one attached hydrogen (secondary N) is 2. The van der Waals surface area contributed by atoms with E-state index < -0.39 is 0 Å². The van der Waals surface area contributed by atoms with Gasteiger partial charge in [0.25, 0.3) is 0 Å². The summed E-state index contributed by atoms with van der Waals surface area (Å²) in [6.07, 6.45) is 9.83. The number of benzene rings is 1. The van der Waals surface area contributed by atoms with Gasteiger partial charge in [-0.25, -0.2) is 9.37 Å². The van der Waals surface area contributed by atoms with Crippen molar-refractivity contribution >= 4 is 16.7 Å². The summed E-state index contributed by atoms with van der Waals surface area (Å²) < 4.78 is 13.8. The largest absolute Gasteiger partial charge is 0.381 e. The summed E-state index contributed by atoms with van der Waals surface area (Å²) in [4.78, 5) is 7.59. The number of aromatic amines is 1. The molecule has 0 atom stereocenters. The second kappa shape index (κ2) is 6.98. The van der Waals surface area contributed by atoms with Gasteiger partial charge in [0.1, 0.15) is 11.5 Å². The molecule has 3 nitrogen and oxygen atoms in total. The first-order chi connectivity index (χ1) is 12.3. The van der Waals surface area contributed by atoms with Crippen LogP contribution >= 0.6 is 0 Å². The second-order valence-electron chi connectivity index (χ2n) is 6.50. The predicted molar refractivity (Wildman–Crippen MR) is 99.0 cm³/mol. The number of hydrogen-bond donors (Lipinski definition) is 2. The Labute approximate surface area is 146 Å². The van der Waals surface area contributed by atoms with Crippen molar-refractivity contribution in [2.45, 2.75) is 38.1 Å². The van der Waals surface area contributed by atoms with Gasteiger partial charge in [0, 0.05) is 23.8 Å². The standard InChI is InChI=1S/C21H20FN3/c22-19-9-5-4-6-15(19)10-11-16-14-24-21-18(12-13-23-21)20(16)25-17-7-2-1-3-8-17/h4-6,9,12-14,17H,1-3,7-8H2,(H2,23,24,25). The Morgan fingerprint density at radius 3 is 2.68 bits per heavy atom. The van der Waals surface area contributed by atoms with Gasteiger partial charge in [-0.05, 0) is 31.0 Å². The summed E-state index contributed by atoms with van der Waals surface area (Å²) in [5, 5.41) is 4.71. The van der Waals surface area contributed by atoms with Crippen LogP contribution in [0.3, 0.4) is 0 Å². The van der Waals surface area contributed by atoms with Crippen LogP contribution in [-0.4, -0.2) is 16.0 Å². The highest BCUT2D eigenvalue weighted by Gasteiger charge is 2.16. The van der Waals surface area contributed by atoms with Crippen LogP contribution in [-0.2, 0) is 0 Å². The Kier molecular flexibility index (Phi) is 4.39. The predicted octanol–water partition coefficient (Wildman–Crippen LogP) is 4.85. The number of H-pyrrole nitrogens is 1. The van der Waals surface area contributed by atoms with Crippen LogP contribution in [0.1, 0.15) is 43.2 Å². The topological polar surface area (TPSA) is 40.7 Å². The van der Waals surface area contributed by atoms with Gasteiger partial charge in [0.05, 0.1) is 16.8 Å². The maximum Gasteiger partial charge on any atom is 0.139 e. The average molecular weight is 333 g/mol. The normalized spacial score (nSPS) is 14.9. The summed E-state index contributed by atoms with van der Waals surface area (Å²) in [6.45, 7) is 0. The molecule has 0 saturated heterocycles. The third kappa shape index (κ3) is 3.36. The fourth-order valence-electron chi connectivity index (χ4n) is 3.41. The minimum atomic E-state index is -0.299. The molecule has 1 aliphatic rings. The molecule has 0 amide bonds. The van der Waals surface area contributed by atoms with Crippen molar-refractivity contribution in [1.82, 2.24) is 9.97 Å². The van der Waals surface area contributed by atoms with Gasteiger partial charge in [-0.2, -0.15) is 0 Å². The van der Waals surface area contributed by atoms with Gasteiger partial charge in [0.15, 0.2) is 0 Å². The maximum atomic E-state index is 13.8. The van der Waals surface area contributed by atoms with Gasteiger partial charge in [0.2, 0.25) is 0 Å². The van der Waals surface area contributed by atoms with Crippen LogP contribution in [0, 0.1) is 17.7 Å². The highest BCUT2D eigenvalue weighted by Crippen LogP contribution is 2.29. The van der Waals surface area contributed by atoms with Gasteiger partial charge in [-0.3, -0.25) is 0 Å². The Hall–Kier alpha value is -2.80. The van der Waals surface area contributed by atoms with Gasteiger partial charge in [-0.15, -0.1) is 0 Å². The Balaban J connectivity index is 1.73. The average Bonchev–Trinajstić information content (AvgIpc) is 3.12. The zero-order valence-corrected chi connectivity index (χ0v) is 14.0. The van der Waals surface area contributed by atoms with Gasteiger partial charge in [-0.1, -0.05) is 43.2 Å². The zero-order valence-electron chi connectivity index (χ0n) is 14.0. The lowest BCUT2D eigenvalue weighted by Crippen LogP contribution is -2.22. The van der Waals surface area contributed by atoms with Crippen LogP contribution < -0.4 is 5.32 Å². The summed E-state index contributed by atoms with van der Waals surface area (Å²) in [6, 6.07) is 9.06. The molecule has 126 valence electrons. The third-order valence-corrected chi connectivity index (χ3v) is 4.75. The van der Waals surface area contributed by atoms with E-state index in [-0.39, 0.29) is 5.82 Å². The monoisotopic (exact) mass is 333 g/mol. The first-order valence-electron chi connectivity index (χ1n) is 8.80. The lowest BCUT2D eigenvalue weighted by molar-refractivity contribution is 0.463. The molecule has 3 aromatic rings. The summed E-state index contributed by atoms with van der Waals surface area (Å²) in [5.41, 5.74) is 3.05. The molecule has 0 spiro atoms. The van der Waals surface area contributed by atoms with Crippen LogP contribution in [0.15, 0.2) is 42.7 Å². The van der Waals surface area contributed by atoms with E-state index in [1.54, 1.807) is 24.4 Å². The Morgan fingerprint density at radius 1 is 1.04 bits per heavy atom. The fraction of sp³-hybridized carbons (Fsp3) is 0.286. The number of anilines is 1. The molecule has 0 radical (unpaired) electrons. The maximum absolute atomic E-state index is 13.8. The molecule has 1 aromatic carbocycles. The number of nitrogens with zero attached hydrogens (tertiary/aromatic N) is 1. The molecule has 4 heteroatoms. The van der Waals surface area contributed by atoms with Crippen molar-refractivity contribution in [3.63, 3.8) is 0 Å². The van der Waals surface area contributed by atoms with E-state index in [9.17, 15) is 4.39 Å². The molecular formula is C21H20FN3. The number of pyridine rings is 1. The smallest absolute Gasteiger partial charge is 0.139 e. The van der Waals surface area contributed by atoms with Crippen molar-refractivity contribution in [2.75, 3.05) is 5.32 Å². The Bertz CT molecular complexity index is 942. The van der Waals surface area contributed by atoms with E-state index in [2.05, 4.69) is 27.1 Å². The summed E-state index contributed by atoms with van der Waals surface area (Å²) in [5.74, 6) is 5.76. The second-order valence-corrected chi connectivity index (χ2v) is 6.50. The number of fused-ring (bicyclic) bond motifs is 1. The molecule has 0 unspecified atom stereocenters. The van der Waals surface area contributed by atoms with E-state index in [4.69, 9.17) is 0 Å². The van der Waals surface area contributed by atoms with Crippen LogP contribution in [0.25, 0.3) is 11.0 Å². The van der Waals surface area contributed by atoms with E-state index in [1.807, 2.05) is 12.3 Å². The SMILES string of the molecule is Fc1ccccc1C#Cc1cnc2[nH]ccc2c1NC1CCCCC1. The molecule has 0 aliphatic heterocycles. The number of rotatable bonds is 2. The highest BCUT2D eigenvalue weighted by molar-refractivity contribution is 5.92. The Morgan fingerprint density at radius 2 is 1.84 bits per heavy atom. The molecule has 2 N–H and O–H groups in total. The third-order valence-electron chi connectivity index (χ3n) is 4.75. The van der Waals surface area contributed by atoms with Gasteiger partial charge >= 0.3 is 0 Å².